The number of aromatic nitrogens is 2. The first-order valence-corrected chi connectivity index (χ1v) is 21.6. The number of benzene rings is 10. The zero-order valence-electron chi connectivity index (χ0n) is 34.5. The lowest BCUT2D eigenvalue weighted by Gasteiger charge is -2.30. The minimum absolute atomic E-state index is 1.06. The van der Waals surface area contributed by atoms with Crippen LogP contribution >= 0.6 is 0 Å². The second-order valence-electron chi connectivity index (χ2n) is 16.1. The minimum atomic E-state index is 1.06. The molecular formula is C60H41N3. The summed E-state index contributed by atoms with van der Waals surface area (Å²) in [6.07, 6.45) is 0. The quantitative estimate of drug-likeness (QED) is 0.149. The molecule has 0 aliphatic carbocycles. The van der Waals surface area contributed by atoms with Gasteiger partial charge in [-0.05, 0) is 94.5 Å². The number of fused-ring (bicyclic) bond motifs is 6. The summed E-state index contributed by atoms with van der Waals surface area (Å²) in [5.74, 6) is 0. The van der Waals surface area contributed by atoms with E-state index >= 15 is 0 Å². The summed E-state index contributed by atoms with van der Waals surface area (Å²) < 4.78 is 4.82. The molecule has 2 aromatic heterocycles. The van der Waals surface area contributed by atoms with Crippen molar-refractivity contribution in [3.8, 4) is 44.8 Å². The van der Waals surface area contributed by atoms with Crippen molar-refractivity contribution < 1.29 is 0 Å². The Balaban J connectivity index is 1.18. The van der Waals surface area contributed by atoms with Gasteiger partial charge in [0, 0.05) is 49.9 Å². The summed E-state index contributed by atoms with van der Waals surface area (Å²) in [6, 6.07) is 90.3. The molecule has 12 aromatic rings. The third-order valence-corrected chi connectivity index (χ3v) is 12.5. The Morgan fingerprint density at radius 3 is 1.35 bits per heavy atom. The van der Waals surface area contributed by atoms with Gasteiger partial charge >= 0.3 is 0 Å². The van der Waals surface area contributed by atoms with E-state index in [4.69, 9.17) is 0 Å². The van der Waals surface area contributed by atoms with E-state index in [1.807, 2.05) is 0 Å². The van der Waals surface area contributed by atoms with E-state index in [0.29, 0.717) is 0 Å². The van der Waals surface area contributed by atoms with Crippen LogP contribution in [-0.2, 0) is 0 Å². The molecule has 12 rings (SSSR count). The summed E-state index contributed by atoms with van der Waals surface area (Å²) in [4.78, 5) is 2.48. The van der Waals surface area contributed by atoms with Crippen molar-refractivity contribution in [2.45, 2.75) is 0 Å². The fraction of sp³-hybridized carbons (Fsp3) is 0. The fourth-order valence-corrected chi connectivity index (χ4v) is 9.79. The SMILES string of the molecule is c1ccc(-c2ccccc2-c2c(-c3ccccc3)cccc2N(c2cccc(-n3c4ccccc4c4ccccc43)c2)c2ccc3c4ccccc4n(-c4ccccc4)c3c2)cc1. The normalized spacial score (nSPS) is 11.5. The summed E-state index contributed by atoms with van der Waals surface area (Å²) in [7, 11) is 0. The molecule has 0 fully saturated rings. The van der Waals surface area contributed by atoms with E-state index in [0.717, 1.165) is 45.1 Å². The molecule has 296 valence electrons. The van der Waals surface area contributed by atoms with Gasteiger partial charge in [-0.3, -0.25) is 0 Å². The lowest BCUT2D eigenvalue weighted by atomic mass is 9.87. The van der Waals surface area contributed by atoms with Crippen LogP contribution in [0.1, 0.15) is 0 Å². The Morgan fingerprint density at radius 1 is 0.270 bits per heavy atom. The number of rotatable bonds is 8. The number of para-hydroxylation sites is 4. The molecule has 10 aromatic carbocycles. The van der Waals surface area contributed by atoms with E-state index in [1.54, 1.807) is 0 Å². The number of hydrogen-bond donors (Lipinski definition) is 0. The topological polar surface area (TPSA) is 13.1 Å². The standard InChI is InChI=1S/C60H41N3/c1-4-20-42(21-5-1)48-28-10-11-32-54(48)60-49(43-22-6-2-7-23-43)33-19-37-58(60)61(45-26-18-27-46(40-45)63-56-35-16-12-29-50(56)51-30-13-17-36-57(51)63)47-38-39-53-52-31-14-15-34-55(52)62(59(53)41-47)44-24-8-3-9-25-44/h1-41H. The smallest absolute Gasteiger partial charge is 0.0561 e. The second-order valence-corrected chi connectivity index (χ2v) is 16.1. The van der Waals surface area contributed by atoms with Crippen LogP contribution in [0.4, 0.5) is 17.1 Å². The summed E-state index contributed by atoms with van der Waals surface area (Å²) in [5, 5.41) is 4.92. The van der Waals surface area contributed by atoms with Crippen molar-refractivity contribution in [1.82, 2.24) is 9.13 Å². The molecule has 0 atom stereocenters. The molecule has 0 saturated carbocycles. The van der Waals surface area contributed by atoms with Gasteiger partial charge in [0.1, 0.15) is 0 Å². The third-order valence-electron chi connectivity index (χ3n) is 12.5. The van der Waals surface area contributed by atoms with Crippen molar-refractivity contribution in [1.29, 1.82) is 0 Å². The van der Waals surface area contributed by atoms with Gasteiger partial charge in [0.25, 0.3) is 0 Å². The molecule has 0 aliphatic heterocycles. The first-order valence-electron chi connectivity index (χ1n) is 21.6. The number of anilines is 3. The second kappa shape index (κ2) is 15.3. The highest BCUT2D eigenvalue weighted by Crippen LogP contribution is 2.49. The molecule has 0 saturated heterocycles. The Hall–Kier alpha value is -8.40. The Kier molecular flexibility index (Phi) is 8.83. The van der Waals surface area contributed by atoms with Crippen molar-refractivity contribution in [3.05, 3.63) is 249 Å². The average Bonchev–Trinajstić information content (AvgIpc) is 3.88. The fourth-order valence-electron chi connectivity index (χ4n) is 9.79. The van der Waals surface area contributed by atoms with Gasteiger partial charge in [-0.2, -0.15) is 0 Å². The van der Waals surface area contributed by atoms with Crippen LogP contribution in [0.15, 0.2) is 249 Å². The van der Waals surface area contributed by atoms with Crippen LogP contribution in [0.25, 0.3) is 88.4 Å². The van der Waals surface area contributed by atoms with E-state index < -0.39 is 0 Å². The molecule has 0 bridgehead atoms. The Bertz CT molecular complexity index is 3570. The predicted octanol–water partition coefficient (Wildman–Crippen LogP) is 16.4. The Morgan fingerprint density at radius 2 is 0.714 bits per heavy atom. The van der Waals surface area contributed by atoms with Crippen molar-refractivity contribution in [2.24, 2.45) is 0 Å². The molecular weight excluding hydrogens is 763 g/mol. The lowest BCUT2D eigenvalue weighted by molar-refractivity contribution is 1.16. The number of nitrogens with zero attached hydrogens (tertiary/aromatic N) is 3. The zero-order chi connectivity index (χ0) is 41.7. The van der Waals surface area contributed by atoms with Crippen LogP contribution < -0.4 is 4.90 Å². The molecule has 63 heavy (non-hydrogen) atoms. The summed E-state index contributed by atoms with van der Waals surface area (Å²) in [5.41, 5.74) is 17.1. The maximum Gasteiger partial charge on any atom is 0.0561 e. The maximum atomic E-state index is 2.48. The van der Waals surface area contributed by atoms with Crippen LogP contribution in [0.3, 0.4) is 0 Å². The highest BCUT2D eigenvalue weighted by molar-refractivity contribution is 6.12. The van der Waals surface area contributed by atoms with Gasteiger partial charge in [-0.25, -0.2) is 0 Å². The predicted molar refractivity (Wildman–Crippen MR) is 266 cm³/mol. The van der Waals surface area contributed by atoms with Gasteiger partial charge in [-0.1, -0.05) is 182 Å². The largest absolute Gasteiger partial charge is 0.310 e. The van der Waals surface area contributed by atoms with Gasteiger partial charge in [0.05, 0.1) is 27.8 Å². The molecule has 3 heteroatoms. The van der Waals surface area contributed by atoms with Crippen molar-refractivity contribution in [3.63, 3.8) is 0 Å². The molecule has 3 nitrogen and oxygen atoms in total. The van der Waals surface area contributed by atoms with Crippen molar-refractivity contribution in [2.75, 3.05) is 4.90 Å². The monoisotopic (exact) mass is 803 g/mol. The number of hydrogen-bond acceptors (Lipinski definition) is 1. The first kappa shape index (κ1) is 36.5. The zero-order valence-corrected chi connectivity index (χ0v) is 34.5. The highest BCUT2D eigenvalue weighted by atomic mass is 15.2. The van der Waals surface area contributed by atoms with Gasteiger partial charge in [0.15, 0.2) is 0 Å². The van der Waals surface area contributed by atoms with E-state index in [-0.39, 0.29) is 0 Å². The summed E-state index contributed by atoms with van der Waals surface area (Å²) >= 11 is 0. The van der Waals surface area contributed by atoms with E-state index in [9.17, 15) is 0 Å². The Labute approximate surface area is 366 Å². The van der Waals surface area contributed by atoms with Crippen LogP contribution in [0.2, 0.25) is 0 Å². The maximum absolute atomic E-state index is 2.48. The first-order chi connectivity index (χ1) is 31.3. The molecule has 0 amide bonds. The summed E-state index contributed by atoms with van der Waals surface area (Å²) in [6.45, 7) is 0. The average molecular weight is 804 g/mol. The van der Waals surface area contributed by atoms with Gasteiger partial charge in [-0.15, -0.1) is 0 Å². The third kappa shape index (κ3) is 6.13. The molecule has 0 N–H and O–H groups in total. The van der Waals surface area contributed by atoms with Gasteiger partial charge in [0.2, 0.25) is 0 Å². The van der Waals surface area contributed by atoms with Crippen molar-refractivity contribution >= 4 is 60.7 Å². The highest BCUT2D eigenvalue weighted by Gasteiger charge is 2.25. The molecule has 0 spiro atoms. The van der Waals surface area contributed by atoms with Crippen LogP contribution in [0, 0.1) is 0 Å². The molecule has 0 radical (unpaired) electrons. The van der Waals surface area contributed by atoms with Crippen LogP contribution in [0.5, 0.6) is 0 Å². The minimum Gasteiger partial charge on any atom is -0.310 e. The molecule has 0 aliphatic rings. The molecule has 0 unspecified atom stereocenters. The van der Waals surface area contributed by atoms with Gasteiger partial charge < -0.3 is 14.0 Å². The van der Waals surface area contributed by atoms with Crippen LogP contribution in [-0.4, -0.2) is 9.13 Å². The molecule has 2 heterocycles. The van der Waals surface area contributed by atoms with E-state index in [2.05, 4.69) is 263 Å². The van der Waals surface area contributed by atoms with E-state index in [1.165, 1.54) is 60.3 Å². The lowest BCUT2D eigenvalue weighted by Crippen LogP contribution is -2.13.